The number of ether oxygens (including phenoxy) is 1. The SMILES string of the molecule is COc1cc(C(=O)NN2CCN(C(=O)CCC3CCN(c4ccc(C5CCC(=O)NC5=O)cc4F)CC3)CC2)ccc1Nc1ncc(N(C)C)c(N(CC(F)(F)C=O)C(C)C)n1. The molecule has 1 atom stereocenters. The molecule has 3 aliphatic rings. The highest BCUT2D eigenvalue weighted by molar-refractivity contribution is 6.01. The van der Waals surface area contributed by atoms with Crippen molar-refractivity contribution in [2.45, 2.75) is 70.3 Å². The van der Waals surface area contributed by atoms with Gasteiger partial charge < -0.3 is 29.7 Å². The number of amides is 4. The van der Waals surface area contributed by atoms with E-state index in [0.29, 0.717) is 92.0 Å². The van der Waals surface area contributed by atoms with Crippen molar-refractivity contribution in [1.29, 1.82) is 0 Å². The van der Waals surface area contributed by atoms with Gasteiger partial charge >= 0.3 is 5.92 Å². The Morgan fingerprint density at radius 2 is 1.76 bits per heavy atom. The zero-order chi connectivity index (χ0) is 44.7. The molecule has 0 aliphatic carbocycles. The van der Waals surface area contributed by atoms with Crippen LogP contribution in [0.3, 0.4) is 0 Å². The normalized spacial score (nSPS) is 17.7. The molecule has 1 unspecified atom stereocenters. The van der Waals surface area contributed by atoms with E-state index < -0.39 is 36.2 Å². The Hall–Kier alpha value is -5.98. The summed E-state index contributed by atoms with van der Waals surface area (Å²) in [5.74, 6) is -4.61. The lowest BCUT2D eigenvalue weighted by Gasteiger charge is -2.36. The first kappa shape index (κ1) is 45.5. The van der Waals surface area contributed by atoms with Crippen molar-refractivity contribution in [2.75, 3.05) is 87.0 Å². The molecule has 6 rings (SSSR count). The van der Waals surface area contributed by atoms with E-state index in [2.05, 4.69) is 26.0 Å². The van der Waals surface area contributed by atoms with Crippen LogP contribution in [0.5, 0.6) is 5.75 Å². The summed E-state index contributed by atoms with van der Waals surface area (Å²) in [4.78, 5) is 77.1. The molecule has 3 aromatic rings. The van der Waals surface area contributed by atoms with Gasteiger partial charge in [-0.05, 0) is 81.3 Å². The molecule has 1 aromatic heterocycles. The van der Waals surface area contributed by atoms with Gasteiger partial charge in [0.15, 0.2) is 12.1 Å². The molecule has 3 N–H and O–H groups in total. The summed E-state index contributed by atoms with van der Waals surface area (Å²) >= 11 is 0. The van der Waals surface area contributed by atoms with Crippen LogP contribution in [-0.4, -0.2) is 129 Å². The summed E-state index contributed by atoms with van der Waals surface area (Å²) in [6, 6.07) is 9.22. The average Bonchev–Trinajstić information content (AvgIpc) is 3.25. The molecule has 2 aromatic carbocycles. The number of carbonyl (C=O) groups excluding carboxylic acids is 5. The molecule has 334 valence electrons. The van der Waals surface area contributed by atoms with Crippen molar-refractivity contribution in [1.82, 2.24) is 30.6 Å². The number of methoxy groups -OCH3 is 1. The zero-order valence-electron chi connectivity index (χ0n) is 35.8. The lowest BCUT2D eigenvalue weighted by Crippen LogP contribution is -2.54. The van der Waals surface area contributed by atoms with Crippen molar-refractivity contribution >= 4 is 58.7 Å². The van der Waals surface area contributed by atoms with E-state index in [4.69, 9.17) is 4.74 Å². The van der Waals surface area contributed by atoms with Crippen LogP contribution in [0.2, 0.25) is 0 Å². The Balaban J connectivity index is 0.961. The molecule has 3 fully saturated rings. The molecule has 0 spiro atoms. The van der Waals surface area contributed by atoms with E-state index in [1.54, 1.807) is 68.2 Å². The minimum absolute atomic E-state index is 0.0598. The Bertz CT molecular complexity index is 2130. The number of hydrogen-bond donors (Lipinski definition) is 3. The molecular formula is C43H55F3N10O6. The third kappa shape index (κ3) is 11.1. The Morgan fingerprint density at radius 1 is 1.03 bits per heavy atom. The van der Waals surface area contributed by atoms with Gasteiger partial charge in [0.2, 0.25) is 23.7 Å². The number of anilines is 5. The highest BCUT2D eigenvalue weighted by atomic mass is 19.3. The fourth-order valence-corrected chi connectivity index (χ4v) is 8.01. The fraction of sp³-hybridized carbons (Fsp3) is 0.512. The number of benzene rings is 2. The second-order valence-electron chi connectivity index (χ2n) is 16.4. The number of piperazine rings is 1. The van der Waals surface area contributed by atoms with Crippen LogP contribution >= 0.6 is 0 Å². The third-order valence-corrected chi connectivity index (χ3v) is 11.6. The number of hydrogen-bond acceptors (Lipinski definition) is 13. The summed E-state index contributed by atoms with van der Waals surface area (Å²) in [6.45, 7) is 5.67. The summed E-state index contributed by atoms with van der Waals surface area (Å²) in [7, 11) is 4.91. The first-order chi connectivity index (χ1) is 29.5. The van der Waals surface area contributed by atoms with E-state index in [0.717, 1.165) is 19.3 Å². The van der Waals surface area contributed by atoms with Gasteiger partial charge in [0, 0.05) is 77.8 Å². The van der Waals surface area contributed by atoms with E-state index in [9.17, 15) is 32.8 Å². The molecule has 3 aliphatic heterocycles. The van der Waals surface area contributed by atoms with Crippen molar-refractivity contribution < 1.29 is 41.9 Å². The number of nitrogens with zero attached hydrogens (tertiary/aromatic N) is 7. The van der Waals surface area contributed by atoms with E-state index in [1.165, 1.54) is 24.3 Å². The van der Waals surface area contributed by atoms with Crippen molar-refractivity contribution in [2.24, 2.45) is 5.92 Å². The topological polar surface area (TPSA) is 173 Å². The van der Waals surface area contributed by atoms with Crippen LogP contribution in [0.1, 0.15) is 74.2 Å². The molecule has 3 saturated heterocycles. The molecule has 4 amide bonds. The van der Waals surface area contributed by atoms with Crippen molar-refractivity contribution in [3.05, 3.63) is 59.5 Å². The first-order valence-corrected chi connectivity index (χ1v) is 20.9. The number of carbonyl (C=O) groups is 5. The Morgan fingerprint density at radius 3 is 2.39 bits per heavy atom. The number of imide groups is 1. The number of hydrazine groups is 1. The van der Waals surface area contributed by atoms with Crippen molar-refractivity contribution in [3.8, 4) is 5.75 Å². The monoisotopic (exact) mass is 864 g/mol. The summed E-state index contributed by atoms with van der Waals surface area (Å²) in [6.07, 6.45) is 4.51. The minimum atomic E-state index is -3.59. The Labute approximate surface area is 359 Å². The van der Waals surface area contributed by atoms with Crippen molar-refractivity contribution in [3.63, 3.8) is 0 Å². The number of piperidine rings is 2. The van der Waals surface area contributed by atoms with Gasteiger partial charge in [-0.15, -0.1) is 0 Å². The van der Waals surface area contributed by atoms with Gasteiger partial charge in [0.25, 0.3) is 5.91 Å². The van der Waals surface area contributed by atoms with Crippen LogP contribution in [0.4, 0.5) is 42.0 Å². The van der Waals surface area contributed by atoms with Gasteiger partial charge in [0.1, 0.15) is 11.6 Å². The van der Waals surface area contributed by atoms with Crippen LogP contribution in [-0.2, 0) is 19.2 Å². The fourth-order valence-electron chi connectivity index (χ4n) is 8.01. The highest BCUT2D eigenvalue weighted by Crippen LogP contribution is 2.34. The third-order valence-electron chi connectivity index (χ3n) is 11.6. The molecule has 4 heterocycles. The van der Waals surface area contributed by atoms with Crippen LogP contribution in [0.25, 0.3) is 0 Å². The number of aromatic nitrogens is 2. The smallest absolute Gasteiger partial charge is 0.319 e. The largest absolute Gasteiger partial charge is 0.495 e. The maximum atomic E-state index is 15.2. The predicted octanol–water partition coefficient (Wildman–Crippen LogP) is 4.49. The second kappa shape index (κ2) is 19.8. The van der Waals surface area contributed by atoms with E-state index >= 15 is 4.39 Å². The maximum Gasteiger partial charge on any atom is 0.319 e. The Kier molecular flexibility index (Phi) is 14.6. The molecule has 62 heavy (non-hydrogen) atoms. The maximum absolute atomic E-state index is 15.2. The quantitative estimate of drug-likeness (QED) is 0.136. The zero-order valence-corrected chi connectivity index (χ0v) is 35.8. The van der Waals surface area contributed by atoms with E-state index in [1.807, 2.05) is 9.80 Å². The number of rotatable bonds is 16. The van der Waals surface area contributed by atoms with Gasteiger partial charge in [-0.1, -0.05) is 6.07 Å². The molecular weight excluding hydrogens is 810 g/mol. The molecule has 0 saturated carbocycles. The molecule has 0 bridgehead atoms. The van der Waals surface area contributed by atoms with Crippen LogP contribution < -0.4 is 35.5 Å². The van der Waals surface area contributed by atoms with E-state index in [-0.39, 0.29) is 42.2 Å². The molecule has 0 radical (unpaired) electrons. The summed E-state index contributed by atoms with van der Waals surface area (Å²) in [5.41, 5.74) is 5.17. The second-order valence-corrected chi connectivity index (χ2v) is 16.4. The molecule has 19 heteroatoms. The van der Waals surface area contributed by atoms with Crippen LogP contribution in [0, 0.1) is 11.7 Å². The van der Waals surface area contributed by atoms with Gasteiger partial charge in [-0.2, -0.15) is 13.8 Å². The first-order valence-electron chi connectivity index (χ1n) is 20.9. The van der Waals surface area contributed by atoms with Crippen LogP contribution in [0.15, 0.2) is 42.6 Å². The summed E-state index contributed by atoms with van der Waals surface area (Å²) < 4.78 is 49.3. The lowest BCUT2D eigenvalue weighted by molar-refractivity contribution is -0.135. The number of aldehydes is 1. The van der Waals surface area contributed by atoms with Gasteiger partial charge in [-0.3, -0.25) is 34.7 Å². The summed E-state index contributed by atoms with van der Waals surface area (Å²) in [5, 5.41) is 7.15. The molecule has 16 nitrogen and oxygen atoms in total. The lowest BCUT2D eigenvalue weighted by atomic mass is 9.89. The predicted molar refractivity (Wildman–Crippen MR) is 227 cm³/mol. The minimum Gasteiger partial charge on any atom is -0.495 e. The van der Waals surface area contributed by atoms with Gasteiger partial charge in [0.05, 0.1) is 42.8 Å². The van der Waals surface area contributed by atoms with Gasteiger partial charge in [-0.25, -0.2) is 14.4 Å². The number of halogens is 3. The highest BCUT2D eigenvalue weighted by Gasteiger charge is 2.35. The number of nitrogens with one attached hydrogen (secondary N) is 3. The number of alkyl halides is 2. The average molecular weight is 865 g/mol. The standard InChI is InChI=1S/C43H55F3N10O6/c1-27(2)56(25-43(45,46)26-57)39-35(52(3)4)24-47-42(50-39)48-33-10-7-30(23-36(33)62-5)40(60)51-55-20-18-54(19-21-55)38(59)13-6-28-14-16-53(17-15-28)34-11-8-29(22-32(34)44)31-9-12-37(58)49-41(31)61/h7-8,10-11,22-24,26-28,31H,6,9,12-21,25H2,1-5H3,(H,51,60)(H,47,48,50)(H,49,58,61).